The average molecular weight is 430 g/mol. The predicted octanol–water partition coefficient (Wildman–Crippen LogP) is 3.46. The Hall–Kier alpha value is -4.53. The SMILES string of the molecule is CC(=O)Oc1ccc(Nc2nc(C)c3ccc(=O)n(-c4ccc(C(=O)O)cc4)c3n2)cc1. The summed E-state index contributed by atoms with van der Waals surface area (Å²) < 4.78 is 6.43. The van der Waals surface area contributed by atoms with Gasteiger partial charge < -0.3 is 15.2 Å². The molecule has 0 spiro atoms. The van der Waals surface area contributed by atoms with Gasteiger partial charge in [0.2, 0.25) is 5.95 Å². The Labute approximate surface area is 181 Å². The lowest BCUT2D eigenvalue weighted by molar-refractivity contribution is -0.131. The number of nitrogens with zero attached hydrogens (tertiary/aromatic N) is 3. The minimum atomic E-state index is -1.05. The molecule has 4 rings (SSSR count). The topological polar surface area (TPSA) is 123 Å². The van der Waals surface area contributed by atoms with Gasteiger partial charge in [0.1, 0.15) is 5.75 Å². The van der Waals surface area contributed by atoms with Crippen LogP contribution in [-0.4, -0.2) is 31.6 Å². The Bertz CT molecular complexity index is 1390. The van der Waals surface area contributed by atoms with Crippen LogP contribution in [0.25, 0.3) is 16.7 Å². The first-order chi connectivity index (χ1) is 15.3. The molecule has 9 heteroatoms. The van der Waals surface area contributed by atoms with E-state index in [4.69, 9.17) is 9.84 Å². The van der Waals surface area contributed by atoms with Gasteiger partial charge in [-0.25, -0.2) is 9.78 Å². The molecule has 9 nitrogen and oxygen atoms in total. The molecular formula is C23H18N4O5. The Morgan fingerprint density at radius 1 is 0.969 bits per heavy atom. The summed E-state index contributed by atoms with van der Waals surface area (Å²) in [6, 6.07) is 15.8. The number of esters is 1. The van der Waals surface area contributed by atoms with E-state index in [0.29, 0.717) is 33.9 Å². The highest BCUT2D eigenvalue weighted by atomic mass is 16.5. The molecule has 4 aromatic rings. The van der Waals surface area contributed by atoms with Gasteiger partial charge in [0.05, 0.1) is 16.9 Å². The number of carbonyl (C=O) groups excluding carboxylic acids is 1. The van der Waals surface area contributed by atoms with Crippen LogP contribution in [0.1, 0.15) is 23.0 Å². The molecule has 0 aliphatic heterocycles. The minimum absolute atomic E-state index is 0.118. The molecule has 0 aliphatic carbocycles. The van der Waals surface area contributed by atoms with Crippen molar-refractivity contribution in [2.24, 2.45) is 0 Å². The highest BCUT2D eigenvalue weighted by Gasteiger charge is 2.13. The fourth-order valence-corrected chi connectivity index (χ4v) is 3.23. The zero-order valence-electron chi connectivity index (χ0n) is 17.2. The molecule has 0 bridgehead atoms. The molecule has 2 aromatic heterocycles. The van der Waals surface area contributed by atoms with Crippen molar-refractivity contribution < 1.29 is 19.4 Å². The van der Waals surface area contributed by atoms with Crippen molar-refractivity contribution in [3.63, 3.8) is 0 Å². The summed E-state index contributed by atoms with van der Waals surface area (Å²) in [5.74, 6) is -0.770. The van der Waals surface area contributed by atoms with Gasteiger partial charge >= 0.3 is 11.9 Å². The second-order valence-electron chi connectivity index (χ2n) is 6.97. The van der Waals surface area contributed by atoms with Crippen molar-refractivity contribution in [3.05, 3.63) is 82.3 Å². The molecule has 0 fully saturated rings. The number of carboxylic acid groups (broad SMARTS) is 1. The van der Waals surface area contributed by atoms with Crippen LogP contribution in [0.5, 0.6) is 5.75 Å². The molecule has 2 heterocycles. The van der Waals surface area contributed by atoms with Crippen LogP contribution in [-0.2, 0) is 4.79 Å². The maximum atomic E-state index is 12.7. The summed E-state index contributed by atoms with van der Waals surface area (Å²) in [6.45, 7) is 3.13. The molecule has 0 saturated heterocycles. The van der Waals surface area contributed by atoms with Crippen molar-refractivity contribution in [1.82, 2.24) is 14.5 Å². The molecule has 0 amide bonds. The quantitative estimate of drug-likeness (QED) is 0.364. The zero-order chi connectivity index (χ0) is 22.8. The number of carboxylic acids is 1. The maximum absolute atomic E-state index is 12.7. The van der Waals surface area contributed by atoms with Gasteiger partial charge in [0, 0.05) is 24.1 Å². The molecule has 0 saturated carbocycles. The minimum Gasteiger partial charge on any atom is -0.478 e. The molecule has 2 aromatic carbocycles. The third-order valence-electron chi connectivity index (χ3n) is 4.69. The fraction of sp³-hybridized carbons (Fsp3) is 0.0870. The van der Waals surface area contributed by atoms with Crippen LogP contribution in [0.3, 0.4) is 0 Å². The molecule has 32 heavy (non-hydrogen) atoms. The number of hydrogen-bond acceptors (Lipinski definition) is 7. The number of aryl methyl sites for hydroxylation is 1. The second kappa shape index (κ2) is 8.31. The van der Waals surface area contributed by atoms with E-state index in [-0.39, 0.29) is 17.1 Å². The number of nitrogens with one attached hydrogen (secondary N) is 1. The lowest BCUT2D eigenvalue weighted by Crippen LogP contribution is -2.19. The van der Waals surface area contributed by atoms with Crippen LogP contribution < -0.4 is 15.6 Å². The number of hydrogen-bond donors (Lipinski definition) is 2. The van der Waals surface area contributed by atoms with E-state index in [2.05, 4.69) is 15.3 Å². The number of benzene rings is 2. The summed E-state index contributed by atoms with van der Waals surface area (Å²) in [5.41, 5.74) is 2.00. The first-order valence-electron chi connectivity index (χ1n) is 9.61. The third kappa shape index (κ3) is 4.17. The standard InChI is InChI=1S/C23H18N4O5/c1-13-19-11-12-20(29)27(17-7-3-15(4-8-17)22(30)31)21(19)26-23(24-13)25-16-5-9-18(10-6-16)32-14(2)28/h3-12H,1-2H3,(H,30,31)(H,24,25,26). The molecule has 0 unspecified atom stereocenters. The number of anilines is 2. The summed E-state index contributed by atoms with van der Waals surface area (Å²) >= 11 is 0. The molecular weight excluding hydrogens is 412 g/mol. The highest BCUT2D eigenvalue weighted by Crippen LogP contribution is 2.22. The zero-order valence-corrected chi connectivity index (χ0v) is 17.2. The van der Waals surface area contributed by atoms with Gasteiger partial charge in [-0.05, 0) is 61.5 Å². The third-order valence-corrected chi connectivity index (χ3v) is 4.69. The Kier molecular flexibility index (Phi) is 5.38. The number of ether oxygens (including phenoxy) is 1. The van der Waals surface area contributed by atoms with Gasteiger partial charge in [-0.3, -0.25) is 14.2 Å². The summed E-state index contributed by atoms with van der Waals surface area (Å²) in [4.78, 5) is 43.9. The normalized spacial score (nSPS) is 10.7. The van der Waals surface area contributed by atoms with Gasteiger partial charge in [-0.15, -0.1) is 0 Å². The van der Waals surface area contributed by atoms with Crippen molar-refractivity contribution in [3.8, 4) is 11.4 Å². The fourth-order valence-electron chi connectivity index (χ4n) is 3.23. The van der Waals surface area contributed by atoms with Gasteiger partial charge in [0.25, 0.3) is 5.56 Å². The van der Waals surface area contributed by atoms with E-state index in [9.17, 15) is 14.4 Å². The lowest BCUT2D eigenvalue weighted by Gasteiger charge is -2.13. The number of rotatable bonds is 5. The number of aromatic nitrogens is 3. The first kappa shape index (κ1) is 20.7. The number of fused-ring (bicyclic) bond motifs is 1. The second-order valence-corrected chi connectivity index (χ2v) is 6.97. The van der Waals surface area contributed by atoms with Crippen LogP contribution in [0, 0.1) is 6.92 Å². The van der Waals surface area contributed by atoms with E-state index in [0.717, 1.165) is 0 Å². The Morgan fingerprint density at radius 2 is 1.66 bits per heavy atom. The van der Waals surface area contributed by atoms with Crippen molar-refractivity contribution in [2.75, 3.05) is 5.32 Å². The summed E-state index contributed by atoms with van der Waals surface area (Å²) in [6.07, 6.45) is 0. The van der Waals surface area contributed by atoms with Crippen molar-refractivity contribution in [2.45, 2.75) is 13.8 Å². The predicted molar refractivity (Wildman–Crippen MR) is 118 cm³/mol. The van der Waals surface area contributed by atoms with Crippen LogP contribution in [0.2, 0.25) is 0 Å². The Balaban J connectivity index is 1.76. The number of carbonyl (C=O) groups is 2. The summed E-state index contributed by atoms with van der Waals surface area (Å²) in [7, 11) is 0. The van der Waals surface area contributed by atoms with E-state index < -0.39 is 11.9 Å². The molecule has 0 radical (unpaired) electrons. The van der Waals surface area contributed by atoms with Gasteiger partial charge in [-0.1, -0.05) is 0 Å². The van der Waals surface area contributed by atoms with Crippen LogP contribution >= 0.6 is 0 Å². The molecule has 2 N–H and O–H groups in total. The maximum Gasteiger partial charge on any atom is 0.335 e. The molecule has 0 atom stereocenters. The van der Waals surface area contributed by atoms with Gasteiger partial charge in [0.15, 0.2) is 5.65 Å². The number of pyridine rings is 1. The number of aromatic carboxylic acids is 1. The van der Waals surface area contributed by atoms with Gasteiger partial charge in [-0.2, -0.15) is 4.98 Å². The smallest absolute Gasteiger partial charge is 0.335 e. The van der Waals surface area contributed by atoms with Crippen molar-refractivity contribution >= 4 is 34.6 Å². The largest absolute Gasteiger partial charge is 0.478 e. The monoisotopic (exact) mass is 430 g/mol. The Morgan fingerprint density at radius 3 is 2.28 bits per heavy atom. The summed E-state index contributed by atoms with van der Waals surface area (Å²) in [5, 5.41) is 12.9. The molecule has 0 aliphatic rings. The van der Waals surface area contributed by atoms with E-state index >= 15 is 0 Å². The molecule has 160 valence electrons. The van der Waals surface area contributed by atoms with E-state index in [1.165, 1.54) is 29.7 Å². The van der Waals surface area contributed by atoms with Crippen LogP contribution in [0.4, 0.5) is 11.6 Å². The lowest BCUT2D eigenvalue weighted by atomic mass is 10.2. The average Bonchev–Trinajstić information content (AvgIpc) is 2.75. The first-order valence-corrected chi connectivity index (χ1v) is 9.61. The van der Waals surface area contributed by atoms with Crippen molar-refractivity contribution in [1.29, 1.82) is 0 Å². The van der Waals surface area contributed by atoms with E-state index in [1.54, 1.807) is 49.4 Å². The van der Waals surface area contributed by atoms with E-state index in [1.807, 2.05) is 0 Å². The van der Waals surface area contributed by atoms with Crippen LogP contribution in [0.15, 0.2) is 65.5 Å². The highest BCUT2D eigenvalue weighted by molar-refractivity contribution is 5.88.